The number of nitrogens with zero attached hydrogens (tertiary/aromatic N) is 2. The number of aromatic carboxylic acids is 1. The highest BCUT2D eigenvalue weighted by molar-refractivity contribution is 6.06. The first-order valence-electron chi connectivity index (χ1n) is 8.71. The normalized spacial score (nSPS) is 11.2. The number of carboxylic acid groups (broad SMARTS) is 1. The summed E-state index contributed by atoms with van der Waals surface area (Å²) >= 11 is 0. The van der Waals surface area contributed by atoms with E-state index < -0.39 is 22.5 Å². The van der Waals surface area contributed by atoms with Crippen LogP contribution in [0.25, 0.3) is 11.1 Å². The molecule has 0 fully saturated rings. The molecule has 148 valence electrons. The van der Waals surface area contributed by atoms with E-state index in [-0.39, 0.29) is 33.6 Å². The largest absolute Gasteiger partial charge is 0.478 e. The molecule has 1 aromatic heterocycles. The van der Waals surface area contributed by atoms with Crippen molar-refractivity contribution in [2.45, 2.75) is 46.6 Å². The van der Waals surface area contributed by atoms with Crippen molar-refractivity contribution >= 4 is 17.6 Å². The molecular weight excluding hydrogens is 364 g/mol. The van der Waals surface area contributed by atoms with Crippen LogP contribution >= 0.6 is 0 Å². The number of esters is 1. The number of rotatable bonds is 6. The van der Waals surface area contributed by atoms with Crippen molar-refractivity contribution in [2.24, 2.45) is 0 Å². The third-order valence-corrected chi connectivity index (χ3v) is 4.54. The number of hydrogen-bond donors (Lipinski definition) is 1. The van der Waals surface area contributed by atoms with Gasteiger partial charge in [-0.05, 0) is 39.7 Å². The van der Waals surface area contributed by atoms with Gasteiger partial charge in [0.2, 0.25) is 0 Å². The van der Waals surface area contributed by atoms with Crippen LogP contribution in [0.2, 0.25) is 0 Å². The Morgan fingerprint density at radius 1 is 1.21 bits per heavy atom. The minimum atomic E-state index is -1.28. The topological polar surface area (TPSA) is 120 Å². The number of hydrogen-bond acceptors (Lipinski definition) is 6. The lowest BCUT2D eigenvalue weighted by atomic mass is 9.92. The second kappa shape index (κ2) is 7.75. The summed E-state index contributed by atoms with van der Waals surface area (Å²) in [4.78, 5) is 39.7. The van der Waals surface area contributed by atoms with Crippen LogP contribution < -0.4 is 0 Å². The van der Waals surface area contributed by atoms with Crippen LogP contribution in [0.3, 0.4) is 0 Å². The number of aryl methyl sites for hydroxylation is 2. The zero-order valence-electron chi connectivity index (χ0n) is 16.4. The van der Waals surface area contributed by atoms with E-state index in [4.69, 9.17) is 4.74 Å². The fourth-order valence-corrected chi connectivity index (χ4v) is 2.80. The molecule has 2 rings (SSSR count). The standard InChI is InChI=1S/C20H22N2O6/c1-6-20(4,5)28-19(25)16-12(3)21-11(2)15(18(23)24)17(16)13-8-7-9-14(10-13)22(26)27/h7-10H,6H2,1-5H3,(H,23,24). The number of carbonyl (C=O) groups excluding carboxylic acids is 1. The van der Waals surface area contributed by atoms with Crippen LogP contribution in [-0.2, 0) is 4.74 Å². The van der Waals surface area contributed by atoms with Crippen LogP contribution in [-0.4, -0.2) is 32.6 Å². The summed E-state index contributed by atoms with van der Waals surface area (Å²) in [7, 11) is 0. The van der Waals surface area contributed by atoms with Gasteiger partial charge in [0.15, 0.2) is 0 Å². The SMILES string of the molecule is CCC(C)(C)OC(=O)c1c(C)nc(C)c(C(=O)O)c1-c1cccc([N+](=O)[O-])c1. The molecule has 0 spiro atoms. The molecule has 1 aromatic carbocycles. The van der Waals surface area contributed by atoms with Gasteiger partial charge in [0.05, 0.1) is 27.4 Å². The Balaban J connectivity index is 2.84. The maximum absolute atomic E-state index is 13.0. The van der Waals surface area contributed by atoms with E-state index in [1.807, 2.05) is 6.92 Å². The van der Waals surface area contributed by atoms with Gasteiger partial charge in [0.1, 0.15) is 5.60 Å². The molecule has 1 heterocycles. The molecule has 0 radical (unpaired) electrons. The highest BCUT2D eigenvalue weighted by Crippen LogP contribution is 2.34. The molecule has 28 heavy (non-hydrogen) atoms. The van der Waals surface area contributed by atoms with Gasteiger partial charge in [-0.25, -0.2) is 9.59 Å². The zero-order valence-corrected chi connectivity index (χ0v) is 16.4. The quantitative estimate of drug-likeness (QED) is 0.446. The van der Waals surface area contributed by atoms with Gasteiger partial charge in [0, 0.05) is 17.7 Å². The molecule has 0 atom stereocenters. The second-order valence-electron chi connectivity index (χ2n) is 7.02. The van der Waals surface area contributed by atoms with Crippen LogP contribution in [0, 0.1) is 24.0 Å². The van der Waals surface area contributed by atoms with Crippen LogP contribution in [0.15, 0.2) is 24.3 Å². The summed E-state index contributed by atoms with van der Waals surface area (Å²) in [6, 6.07) is 5.50. The molecule has 1 N–H and O–H groups in total. The van der Waals surface area contributed by atoms with Gasteiger partial charge in [-0.15, -0.1) is 0 Å². The van der Waals surface area contributed by atoms with Gasteiger partial charge in [-0.1, -0.05) is 19.1 Å². The summed E-state index contributed by atoms with van der Waals surface area (Å²) < 4.78 is 5.56. The number of ether oxygens (including phenoxy) is 1. The molecule has 0 aliphatic carbocycles. The number of nitro groups is 1. The van der Waals surface area contributed by atoms with E-state index in [1.165, 1.54) is 31.2 Å². The average Bonchev–Trinajstić information content (AvgIpc) is 2.60. The number of nitro benzene ring substituents is 1. The smallest absolute Gasteiger partial charge is 0.341 e. The summed E-state index contributed by atoms with van der Waals surface area (Å²) in [6.45, 7) is 8.44. The lowest BCUT2D eigenvalue weighted by Gasteiger charge is -2.25. The zero-order chi connectivity index (χ0) is 21.2. The number of carbonyl (C=O) groups is 2. The number of pyridine rings is 1. The van der Waals surface area contributed by atoms with E-state index in [0.29, 0.717) is 12.1 Å². The Hall–Kier alpha value is -3.29. The number of benzene rings is 1. The van der Waals surface area contributed by atoms with Crippen molar-refractivity contribution in [2.75, 3.05) is 0 Å². The Morgan fingerprint density at radius 2 is 1.82 bits per heavy atom. The van der Waals surface area contributed by atoms with Crippen molar-refractivity contribution in [1.29, 1.82) is 0 Å². The Bertz CT molecular complexity index is 965. The van der Waals surface area contributed by atoms with Crippen molar-refractivity contribution in [3.63, 3.8) is 0 Å². The predicted molar refractivity (Wildman–Crippen MR) is 103 cm³/mol. The highest BCUT2D eigenvalue weighted by atomic mass is 16.6. The molecular formula is C20H22N2O6. The average molecular weight is 386 g/mol. The fourth-order valence-electron chi connectivity index (χ4n) is 2.80. The second-order valence-corrected chi connectivity index (χ2v) is 7.02. The van der Waals surface area contributed by atoms with E-state index in [0.717, 1.165) is 0 Å². The first-order valence-corrected chi connectivity index (χ1v) is 8.71. The molecule has 0 aliphatic rings. The summed E-state index contributed by atoms with van der Waals surface area (Å²) in [5.41, 5.74) is -0.373. The summed E-state index contributed by atoms with van der Waals surface area (Å²) in [5.74, 6) is -2.00. The van der Waals surface area contributed by atoms with Crippen LogP contribution in [0.1, 0.15) is 59.3 Å². The van der Waals surface area contributed by atoms with Gasteiger partial charge in [-0.3, -0.25) is 15.1 Å². The van der Waals surface area contributed by atoms with Crippen molar-refractivity contribution in [1.82, 2.24) is 4.98 Å². The Morgan fingerprint density at radius 3 is 2.36 bits per heavy atom. The monoisotopic (exact) mass is 386 g/mol. The molecule has 2 aromatic rings. The van der Waals surface area contributed by atoms with Gasteiger partial charge >= 0.3 is 11.9 Å². The number of non-ortho nitro benzene ring substituents is 1. The molecule has 0 saturated carbocycles. The third-order valence-electron chi connectivity index (χ3n) is 4.54. The molecule has 8 heteroatoms. The minimum Gasteiger partial charge on any atom is -0.478 e. The predicted octanol–water partition coefficient (Wildman–Crippen LogP) is 4.32. The fraction of sp³-hybridized carbons (Fsp3) is 0.350. The molecule has 0 amide bonds. The molecule has 0 bridgehead atoms. The van der Waals surface area contributed by atoms with Gasteiger partial charge < -0.3 is 9.84 Å². The Kier molecular flexibility index (Phi) is 5.82. The van der Waals surface area contributed by atoms with Crippen LogP contribution in [0.5, 0.6) is 0 Å². The molecule has 0 aliphatic heterocycles. The maximum atomic E-state index is 13.0. The van der Waals surface area contributed by atoms with E-state index in [2.05, 4.69) is 4.98 Å². The molecule has 8 nitrogen and oxygen atoms in total. The third kappa shape index (κ3) is 4.16. The van der Waals surface area contributed by atoms with E-state index in [9.17, 15) is 24.8 Å². The molecule has 0 unspecified atom stereocenters. The van der Waals surface area contributed by atoms with E-state index >= 15 is 0 Å². The van der Waals surface area contributed by atoms with Crippen molar-refractivity contribution in [3.05, 3.63) is 56.9 Å². The highest BCUT2D eigenvalue weighted by Gasteiger charge is 2.30. The van der Waals surface area contributed by atoms with E-state index in [1.54, 1.807) is 20.8 Å². The lowest BCUT2D eigenvalue weighted by Crippen LogP contribution is -2.28. The summed E-state index contributed by atoms with van der Waals surface area (Å²) in [6.07, 6.45) is 0.551. The maximum Gasteiger partial charge on any atom is 0.341 e. The van der Waals surface area contributed by atoms with Gasteiger partial charge in [-0.2, -0.15) is 0 Å². The Labute approximate surface area is 162 Å². The number of aromatic nitrogens is 1. The summed E-state index contributed by atoms with van der Waals surface area (Å²) in [5, 5.41) is 20.9. The van der Waals surface area contributed by atoms with Crippen LogP contribution in [0.4, 0.5) is 5.69 Å². The lowest BCUT2D eigenvalue weighted by molar-refractivity contribution is -0.384. The first kappa shape index (κ1) is 21.0. The van der Waals surface area contributed by atoms with Gasteiger partial charge in [0.25, 0.3) is 5.69 Å². The van der Waals surface area contributed by atoms with Crippen molar-refractivity contribution < 1.29 is 24.4 Å². The van der Waals surface area contributed by atoms with Crippen molar-refractivity contribution in [3.8, 4) is 11.1 Å². The minimum absolute atomic E-state index is 0.00924. The first-order chi connectivity index (χ1) is 13.0. The number of carboxylic acids is 1. The molecule has 0 saturated heterocycles.